The number of ether oxygens (including phenoxy) is 2. The van der Waals surface area contributed by atoms with Gasteiger partial charge in [-0.2, -0.15) is 0 Å². The largest absolute Gasteiger partial charge is 0.461 e. The Morgan fingerprint density at radius 3 is 2.12 bits per heavy atom. The number of hydrogen-bond donors (Lipinski definition) is 1. The maximum Gasteiger partial charge on any atom is 0.312 e. The third-order valence-corrected chi connectivity index (χ3v) is 4.03. The standard InChI is InChI=1S/C20H25NO3/c1-23-19(12-13-21)18(14-16-8-4-2-5-9-16)20(22)24-15-17-10-6-3-7-11-17/h2-11,18-19H,12-15,21H2,1H3/t18-,19+/m0/s1. The highest BCUT2D eigenvalue weighted by Gasteiger charge is 2.29. The number of rotatable bonds is 9. The van der Waals surface area contributed by atoms with Gasteiger partial charge in [-0.3, -0.25) is 4.79 Å². The Morgan fingerprint density at radius 2 is 1.58 bits per heavy atom. The number of carbonyl (C=O) groups is 1. The highest BCUT2D eigenvalue weighted by Crippen LogP contribution is 2.20. The van der Waals surface area contributed by atoms with E-state index in [1.165, 1.54) is 0 Å². The molecule has 4 nitrogen and oxygen atoms in total. The van der Waals surface area contributed by atoms with Crippen LogP contribution in [0.25, 0.3) is 0 Å². The van der Waals surface area contributed by atoms with Gasteiger partial charge in [-0.1, -0.05) is 60.7 Å². The molecule has 128 valence electrons. The monoisotopic (exact) mass is 327 g/mol. The molecule has 0 amide bonds. The van der Waals surface area contributed by atoms with Gasteiger partial charge in [0.15, 0.2) is 0 Å². The molecule has 0 fully saturated rings. The average Bonchev–Trinajstić information content (AvgIpc) is 2.64. The highest BCUT2D eigenvalue weighted by molar-refractivity contribution is 5.73. The molecule has 24 heavy (non-hydrogen) atoms. The van der Waals surface area contributed by atoms with Gasteiger partial charge in [0.05, 0.1) is 12.0 Å². The van der Waals surface area contributed by atoms with Gasteiger partial charge in [-0.25, -0.2) is 0 Å². The molecule has 2 aromatic carbocycles. The van der Waals surface area contributed by atoms with Gasteiger partial charge in [0.1, 0.15) is 6.61 Å². The minimum absolute atomic E-state index is 0.247. The molecule has 0 unspecified atom stereocenters. The van der Waals surface area contributed by atoms with E-state index in [0.29, 0.717) is 19.4 Å². The fraction of sp³-hybridized carbons (Fsp3) is 0.350. The van der Waals surface area contributed by atoms with Crippen molar-refractivity contribution in [2.45, 2.75) is 25.6 Å². The molecule has 2 N–H and O–H groups in total. The molecule has 0 aliphatic rings. The number of esters is 1. The van der Waals surface area contributed by atoms with Crippen molar-refractivity contribution in [1.29, 1.82) is 0 Å². The predicted octanol–water partition coefficient (Wildman–Crippen LogP) is 2.95. The zero-order chi connectivity index (χ0) is 17.2. The summed E-state index contributed by atoms with van der Waals surface area (Å²) in [6.07, 6.45) is 0.944. The molecule has 0 saturated carbocycles. The van der Waals surface area contributed by atoms with Crippen molar-refractivity contribution in [3.63, 3.8) is 0 Å². The van der Waals surface area contributed by atoms with Crippen LogP contribution in [-0.2, 0) is 27.3 Å². The van der Waals surface area contributed by atoms with E-state index < -0.39 is 0 Å². The minimum atomic E-state index is -0.371. The molecule has 0 aromatic heterocycles. The Kier molecular flexibility index (Phi) is 7.46. The van der Waals surface area contributed by atoms with Gasteiger partial charge >= 0.3 is 5.97 Å². The van der Waals surface area contributed by atoms with Crippen molar-refractivity contribution in [2.24, 2.45) is 11.7 Å². The van der Waals surface area contributed by atoms with Crippen LogP contribution in [0, 0.1) is 5.92 Å². The van der Waals surface area contributed by atoms with Crippen molar-refractivity contribution in [1.82, 2.24) is 0 Å². The number of carbonyl (C=O) groups excluding carboxylic acids is 1. The Morgan fingerprint density at radius 1 is 1.00 bits per heavy atom. The van der Waals surface area contributed by atoms with Crippen LogP contribution in [0.15, 0.2) is 60.7 Å². The van der Waals surface area contributed by atoms with Crippen LogP contribution in [0.2, 0.25) is 0 Å². The molecule has 0 aliphatic carbocycles. The normalized spacial score (nSPS) is 13.2. The van der Waals surface area contributed by atoms with E-state index in [1.807, 2.05) is 60.7 Å². The van der Waals surface area contributed by atoms with Crippen LogP contribution in [0.4, 0.5) is 0 Å². The summed E-state index contributed by atoms with van der Waals surface area (Å²) in [5.74, 6) is -0.618. The van der Waals surface area contributed by atoms with Crippen molar-refractivity contribution in [2.75, 3.05) is 13.7 Å². The lowest BCUT2D eigenvalue weighted by molar-refractivity contribution is -0.155. The first-order chi connectivity index (χ1) is 11.7. The molecule has 0 saturated heterocycles. The molecule has 0 heterocycles. The highest BCUT2D eigenvalue weighted by atomic mass is 16.5. The summed E-state index contributed by atoms with van der Waals surface area (Å²) in [4.78, 5) is 12.7. The SMILES string of the molecule is CO[C@H](CCN)[C@H](Cc1ccccc1)C(=O)OCc1ccccc1. The number of methoxy groups -OCH3 is 1. The molecule has 2 rings (SSSR count). The number of hydrogen-bond acceptors (Lipinski definition) is 4. The second-order valence-electron chi connectivity index (χ2n) is 5.74. The topological polar surface area (TPSA) is 61.5 Å². The average molecular weight is 327 g/mol. The fourth-order valence-corrected chi connectivity index (χ4v) is 2.72. The Balaban J connectivity index is 2.06. The van der Waals surface area contributed by atoms with Crippen LogP contribution < -0.4 is 5.73 Å². The first kappa shape index (κ1) is 18.2. The molecule has 2 atom stereocenters. The Hall–Kier alpha value is -2.17. The van der Waals surface area contributed by atoms with Crippen LogP contribution in [-0.4, -0.2) is 25.7 Å². The van der Waals surface area contributed by atoms with Gasteiger partial charge < -0.3 is 15.2 Å². The molecule has 0 radical (unpaired) electrons. The summed E-state index contributed by atoms with van der Waals surface area (Å²) in [6.45, 7) is 0.736. The van der Waals surface area contributed by atoms with Gasteiger partial charge in [-0.15, -0.1) is 0 Å². The summed E-state index contributed by atoms with van der Waals surface area (Å²) < 4.78 is 11.0. The van der Waals surface area contributed by atoms with E-state index in [0.717, 1.165) is 11.1 Å². The van der Waals surface area contributed by atoms with Crippen molar-refractivity contribution < 1.29 is 14.3 Å². The molecule has 4 heteroatoms. The third kappa shape index (κ3) is 5.48. The molecular formula is C20H25NO3. The lowest BCUT2D eigenvalue weighted by atomic mass is 9.92. The fourth-order valence-electron chi connectivity index (χ4n) is 2.72. The summed E-state index contributed by atoms with van der Waals surface area (Å²) in [5, 5.41) is 0. The molecule has 0 spiro atoms. The summed E-state index contributed by atoms with van der Waals surface area (Å²) in [7, 11) is 1.61. The van der Waals surface area contributed by atoms with Gasteiger partial charge in [0.25, 0.3) is 0 Å². The van der Waals surface area contributed by atoms with Crippen LogP contribution in [0.5, 0.6) is 0 Å². The van der Waals surface area contributed by atoms with Gasteiger partial charge in [0, 0.05) is 7.11 Å². The maximum atomic E-state index is 12.7. The molecule has 0 bridgehead atoms. The van der Waals surface area contributed by atoms with Crippen molar-refractivity contribution >= 4 is 5.97 Å². The zero-order valence-corrected chi connectivity index (χ0v) is 14.1. The van der Waals surface area contributed by atoms with E-state index in [-0.39, 0.29) is 24.6 Å². The lowest BCUT2D eigenvalue weighted by Gasteiger charge is -2.24. The van der Waals surface area contributed by atoms with E-state index in [1.54, 1.807) is 7.11 Å². The second kappa shape index (κ2) is 9.85. The van der Waals surface area contributed by atoms with Crippen LogP contribution >= 0.6 is 0 Å². The summed E-state index contributed by atoms with van der Waals surface area (Å²) in [6, 6.07) is 19.6. The maximum absolute atomic E-state index is 12.7. The first-order valence-corrected chi connectivity index (χ1v) is 8.22. The van der Waals surface area contributed by atoms with Gasteiger partial charge in [0.2, 0.25) is 0 Å². The van der Waals surface area contributed by atoms with Crippen molar-refractivity contribution in [3.05, 3.63) is 71.8 Å². The number of benzene rings is 2. The first-order valence-electron chi connectivity index (χ1n) is 8.22. The van der Waals surface area contributed by atoms with Gasteiger partial charge in [-0.05, 0) is 30.5 Å². The van der Waals surface area contributed by atoms with E-state index in [4.69, 9.17) is 15.2 Å². The molecule has 0 aliphatic heterocycles. The number of nitrogens with two attached hydrogens (primary N) is 1. The van der Waals surface area contributed by atoms with Crippen LogP contribution in [0.1, 0.15) is 17.5 Å². The quantitative estimate of drug-likeness (QED) is 0.719. The summed E-state index contributed by atoms with van der Waals surface area (Å²) >= 11 is 0. The smallest absolute Gasteiger partial charge is 0.312 e. The molecular weight excluding hydrogens is 302 g/mol. The second-order valence-corrected chi connectivity index (χ2v) is 5.74. The van der Waals surface area contributed by atoms with E-state index in [9.17, 15) is 4.79 Å². The van der Waals surface area contributed by atoms with Crippen molar-refractivity contribution in [3.8, 4) is 0 Å². The molecule has 2 aromatic rings. The zero-order valence-electron chi connectivity index (χ0n) is 14.1. The lowest BCUT2D eigenvalue weighted by Crippen LogP contribution is -2.34. The Labute approximate surface area is 143 Å². The Bertz CT molecular complexity index is 601. The van der Waals surface area contributed by atoms with E-state index >= 15 is 0 Å². The minimum Gasteiger partial charge on any atom is -0.461 e. The van der Waals surface area contributed by atoms with E-state index in [2.05, 4.69) is 0 Å². The third-order valence-electron chi connectivity index (χ3n) is 4.03. The predicted molar refractivity (Wildman–Crippen MR) is 94.3 cm³/mol. The van der Waals surface area contributed by atoms with Crippen LogP contribution in [0.3, 0.4) is 0 Å². The summed E-state index contributed by atoms with van der Waals surface area (Å²) in [5.41, 5.74) is 7.72.